The van der Waals surface area contributed by atoms with E-state index >= 15 is 0 Å². The summed E-state index contributed by atoms with van der Waals surface area (Å²) in [5.74, 6) is 2.27. The minimum Gasteiger partial charge on any atom is -0.377 e. The molecule has 1 aliphatic heterocycles. The van der Waals surface area contributed by atoms with Crippen LogP contribution < -0.4 is 5.32 Å². The molecule has 0 saturated carbocycles. The molecule has 0 aliphatic carbocycles. The Balaban J connectivity index is 1.61. The van der Waals surface area contributed by atoms with Crippen molar-refractivity contribution in [3.8, 4) is 0 Å². The van der Waals surface area contributed by atoms with Gasteiger partial charge in [-0.15, -0.1) is 0 Å². The molecule has 1 saturated heterocycles. The van der Waals surface area contributed by atoms with Gasteiger partial charge in [-0.3, -0.25) is 0 Å². The van der Waals surface area contributed by atoms with Gasteiger partial charge in [0, 0.05) is 30.7 Å². The van der Waals surface area contributed by atoms with Gasteiger partial charge in [0.05, 0.1) is 6.10 Å². The van der Waals surface area contributed by atoms with E-state index in [4.69, 9.17) is 4.74 Å². The molecule has 0 aromatic heterocycles. The van der Waals surface area contributed by atoms with Crippen LogP contribution in [0.3, 0.4) is 0 Å². The fraction of sp³-hybridized carbons (Fsp3) is 0.647. The molecule has 1 aliphatic rings. The lowest BCUT2D eigenvalue weighted by atomic mass is 10.1. The van der Waals surface area contributed by atoms with Crippen molar-refractivity contribution in [1.29, 1.82) is 0 Å². The first-order chi connectivity index (χ1) is 9.65. The fourth-order valence-electron chi connectivity index (χ4n) is 2.83. The van der Waals surface area contributed by atoms with Crippen molar-refractivity contribution in [3.63, 3.8) is 0 Å². The van der Waals surface area contributed by atoms with Crippen molar-refractivity contribution >= 4 is 11.8 Å². The molecule has 2 rings (SSSR count). The monoisotopic (exact) mass is 293 g/mol. The highest BCUT2D eigenvalue weighted by Crippen LogP contribution is 2.17. The molecule has 0 radical (unpaired) electrons. The molecular formula is C17H27NOS. The number of thioether (sulfide) groups is 1. The largest absolute Gasteiger partial charge is 0.377 e. The standard InChI is InChI=1S/C17H27NOS/c1-13-9-14(2)11-16(10-13)12-20-8-6-18-15(3)17-5-4-7-19-17/h9-11,15,17-18H,4-8,12H2,1-3H3. The lowest BCUT2D eigenvalue weighted by Gasteiger charge is -2.19. The molecule has 0 amide bonds. The van der Waals surface area contributed by atoms with Gasteiger partial charge in [-0.25, -0.2) is 0 Å². The van der Waals surface area contributed by atoms with Crippen LogP contribution >= 0.6 is 11.8 Å². The number of hydrogen-bond acceptors (Lipinski definition) is 3. The van der Waals surface area contributed by atoms with E-state index in [0.29, 0.717) is 12.1 Å². The molecule has 1 N–H and O–H groups in total. The van der Waals surface area contributed by atoms with Crippen LogP contribution in [-0.2, 0) is 10.5 Å². The minimum atomic E-state index is 0.430. The summed E-state index contributed by atoms with van der Waals surface area (Å²) in [5, 5.41) is 3.59. The van der Waals surface area contributed by atoms with E-state index in [2.05, 4.69) is 44.3 Å². The number of hydrogen-bond donors (Lipinski definition) is 1. The number of rotatable bonds is 7. The van der Waals surface area contributed by atoms with Gasteiger partial charge in [0.25, 0.3) is 0 Å². The van der Waals surface area contributed by atoms with Crippen LogP contribution in [0.15, 0.2) is 18.2 Å². The molecule has 1 aromatic rings. The maximum atomic E-state index is 5.70. The lowest BCUT2D eigenvalue weighted by Crippen LogP contribution is -2.38. The maximum Gasteiger partial charge on any atom is 0.0726 e. The van der Waals surface area contributed by atoms with Crippen LogP contribution in [0.5, 0.6) is 0 Å². The van der Waals surface area contributed by atoms with Gasteiger partial charge in [0.15, 0.2) is 0 Å². The minimum absolute atomic E-state index is 0.430. The third-order valence-corrected chi connectivity index (χ3v) is 4.82. The van der Waals surface area contributed by atoms with Crippen LogP contribution in [0.4, 0.5) is 0 Å². The zero-order chi connectivity index (χ0) is 14.4. The molecule has 3 heteroatoms. The third kappa shape index (κ3) is 5.12. The van der Waals surface area contributed by atoms with Gasteiger partial charge in [-0.05, 0) is 39.2 Å². The second-order valence-corrected chi connectivity index (χ2v) is 6.95. The van der Waals surface area contributed by atoms with Gasteiger partial charge >= 0.3 is 0 Å². The third-order valence-electron chi connectivity index (χ3n) is 3.79. The summed E-state index contributed by atoms with van der Waals surface area (Å²) in [6.45, 7) is 8.59. The van der Waals surface area contributed by atoms with Crippen LogP contribution in [0.1, 0.15) is 36.5 Å². The molecule has 2 atom stereocenters. The molecule has 1 aromatic carbocycles. The van der Waals surface area contributed by atoms with E-state index in [1.807, 2.05) is 11.8 Å². The average Bonchev–Trinajstić information content (AvgIpc) is 2.90. The van der Waals surface area contributed by atoms with E-state index in [1.165, 1.54) is 29.5 Å². The second-order valence-electron chi connectivity index (χ2n) is 5.84. The smallest absolute Gasteiger partial charge is 0.0726 e. The van der Waals surface area contributed by atoms with Gasteiger partial charge in [-0.1, -0.05) is 29.3 Å². The SMILES string of the molecule is Cc1cc(C)cc(CSCCNC(C)C2CCCO2)c1. The first-order valence-electron chi connectivity index (χ1n) is 7.65. The first kappa shape index (κ1) is 15.9. The lowest BCUT2D eigenvalue weighted by molar-refractivity contribution is 0.0844. The highest BCUT2D eigenvalue weighted by atomic mass is 32.2. The van der Waals surface area contributed by atoms with Crippen LogP contribution in [-0.4, -0.2) is 31.1 Å². The van der Waals surface area contributed by atoms with Gasteiger partial charge < -0.3 is 10.1 Å². The first-order valence-corrected chi connectivity index (χ1v) is 8.80. The van der Waals surface area contributed by atoms with Crippen LogP contribution in [0.25, 0.3) is 0 Å². The Kier molecular flexibility index (Phi) is 6.40. The van der Waals surface area contributed by atoms with E-state index in [-0.39, 0.29) is 0 Å². The molecule has 1 fully saturated rings. The molecule has 2 nitrogen and oxygen atoms in total. The highest BCUT2D eigenvalue weighted by molar-refractivity contribution is 7.98. The van der Waals surface area contributed by atoms with Crippen molar-refractivity contribution in [1.82, 2.24) is 5.32 Å². The van der Waals surface area contributed by atoms with E-state index in [0.717, 1.165) is 24.7 Å². The quantitative estimate of drug-likeness (QED) is 0.775. The van der Waals surface area contributed by atoms with Crippen molar-refractivity contribution in [2.45, 2.75) is 51.5 Å². The van der Waals surface area contributed by atoms with Crippen molar-refractivity contribution in [2.24, 2.45) is 0 Å². The summed E-state index contributed by atoms with van der Waals surface area (Å²) in [6.07, 6.45) is 2.86. The fourth-order valence-corrected chi connectivity index (χ4v) is 3.64. The predicted octanol–water partition coefficient (Wildman–Crippen LogP) is 3.69. The maximum absolute atomic E-state index is 5.70. The van der Waals surface area contributed by atoms with Crippen molar-refractivity contribution in [3.05, 3.63) is 34.9 Å². The summed E-state index contributed by atoms with van der Waals surface area (Å²) < 4.78 is 5.70. The molecule has 0 spiro atoms. The molecule has 2 unspecified atom stereocenters. The Hall–Kier alpha value is -0.510. The van der Waals surface area contributed by atoms with E-state index < -0.39 is 0 Å². The van der Waals surface area contributed by atoms with Gasteiger partial charge in [-0.2, -0.15) is 11.8 Å². The zero-order valence-electron chi connectivity index (χ0n) is 12.9. The Morgan fingerprint density at radius 1 is 1.30 bits per heavy atom. The number of ether oxygens (including phenoxy) is 1. The predicted molar refractivity (Wildman–Crippen MR) is 88.5 cm³/mol. The van der Waals surface area contributed by atoms with Crippen molar-refractivity contribution < 1.29 is 4.74 Å². The molecule has 1 heterocycles. The summed E-state index contributed by atoms with van der Waals surface area (Å²) in [5.41, 5.74) is 4.18. The summed E-state index contributed by atoms with van der Waals surface area (Å²) in [6, 6.07) is 7.31. The summed E-state index contributed by atoms with van der Waals surface area (Å²) in [4.78, 5) is 0. The molecule has 0 bridgehead atoms. The molecule has 112 valence electrons. The van der Waals surface area contributed by atoms with E-state index in [1.54, 1.807) is 0 Å². The molecular weight excluding hydrogens is 266 g/mol. The van der Waals surface area contributed by atoms with Gasteiger partial charge in [0.2, 0.25) is 0 Å². The Morgan fingerprint density at radius 3 is 2.70 bits per heavy atom. The topological polar surface area (TPSA) is 21.3 Å². The number of benzene rings is 1. The summed E-state index contributed by atoms with van der Waals surface area (Å²) >= 11 is 2.00. The van der Waals surface area contributed by atoms with Gasteiger partial charge in [0.1, 0.15) is 0 Å². The summed E-state index contributed by atoms with van der Waals surface area (Å²) in [7, 11) is 0. The number of aryl methyl sites for hydroxylation is 2. The second kappa shape index (κ2) is 8.06. The average molecular weight is 293 g/mol. The van der Waals surface area contributed by atoms with E-state index in [9.17, 15) is 0 Å². The number of nitrogens with one attached hydrogen (secondary N) is 1. The Bertz CT molecular complexity index is 395. The zero-order valence-corrected chi connectivity index (χ0v) is 13.8. The highest BCUT2D eigenvalue weighted by Gasteiger charge is 2.21. The van der Waals surface area contributed by atoms with Crippen LogP contribution in [0.2, 0.25) is 0 Å². The Morgan fingerprint density at radius 2 is 2.05 bits per heavy atom. The Labute approximate surface area is 127 Å². The normalized spacial score (nSPS) is 20.2. The molecule has 20 heavy (non-hydrogen) atoms. The van der Waals surface area contributed by atoms with Crippen molar-refractivity contribution in [2.75, 3.05) is 18.9 Å². The van der Waals surface area contributed by atoms with Crippen LogP contribution in [0, 0.1) is 13.8 Å².